The first-order valence-electron chi connectivity index (χ1n) is 13.0. The highest BCUT2D eigenvalue weighted by atomic mass is 16.7. The molecule has 3 saturated carbocycles. The van der Waals surface area contributed by atoms with E-state index in [9.17, 15) is 9.90 Å². The number of hydrogen-bond acceptors (Lipinski definition) is 4. The number of benzene rings is 1. The molecule has 33 heavy (non-hydrogen) atoms. The molecule has 0 saturated heterocycles. The monoisotopic (exact) mass is 446 g/mol. The lowest BCUT2D eigenvalue weighted by molar-refractivity contribution is -0.182. The maximum Gasteiger partial charge on any atom is 0.254 e. The van der Waals surface area contributed by atoms with Crippen molar-refractivity contribution in [2.24, 2.45) is 23.2 Å². The Morgan fingerprint density at radius 1 is 1.03 bits per heavy atom. The Kier molecular flexibility index (Phi) is 4.15. The molecule has 7 rings (SSSR count). The molecule has 4 heteroatoms. The summed E-state index contributed by atoms with van der Waals surface area (Å²) in [6, 6.07) is 6.56. The third-order valence-corrected chi connectivity index (χ3v) is 10.3. The molecule has 174 valence electrons. The number of allylic oxidation sites excluding steroid dienone is 4. The van der Waals surface area contributed by atoms with Crippen LogP contribution in [0.1, 0.15) is 83.1 Å². The van der Waals surface area contributed by atoms with Gasteiger partial charge in [-0.05, 0) is 97.1 Å². The van der Waals surface area contributed by atoms with Gasteiger partial charge in [-0.1, -0.05) is 25.5 Å². The Morgan fingerprint density at radius 3 is 2.67 bits per heavy atom. The molecule has 1 aromatic rings. The molecule has 6 aliphatic rings. The van der Waals surface area contributed by atoms with Gasteiger partial charge in [-0.3, -0.25) is 4.79 Å². The molecular formula is C29H34O4. The predicted molar refractivity (Wildman–Crippen MR) is 125 cm³/mol. The molecular weight excluding hydrogens is 412 g/mol. The zero-order valence-corrected chi connectivity index (χ0v) is 19.7. The first kappa shape index (κ1) is 20.3. The van der Waals surface area contributed by atoms with E-state index in [0.29, 0.717) is 24.2 Å². The molecule has 0 amide bonds. The van der Waals surface area contributed by atoms with Crippen LogP contribution in [0, 0.1) is 23.2 Å². The van der Waals surface area contributed by atoms with Crippen molar-refractivity contribution in [3.05, 3.63) is 46.6 Å². The fourth-order valence-electron chi connectivity index (χ4n) is 8.20. The number of hydrogen-bond donors (Lipinski definition) is 1. The summed E-state index contributed by atoms with van der Waals surface area (Å²) in [4.78, 5) is 12.2. The summed E-state index contributed by atoms with van der Waals surface area (Å²) in [5.74, 6) is 3.30. The largest absolute Gasteiger partial charge is 0.448 e. The van der Waals surface area contributed by atoms with Crippen LogP contribution in [0.25, 0.3) is 0 Å². The molecule has 1 aromatic carbocycles. The van der Waals surface area contributed by atoms with Gasteiger partial charge in [-0.2, -0.15) is 0 Å². The standard InChI is InChI=1S/C29H34O4/c1-16-11-12-29(16)32-24-9-4-18(14-25(24)33-29)22-15-28(2)23(8-10-26(28)31)21-6-3-17-13-19(30)5-7-20(17)27(21)22/h4,9,13-14,16,21-23,26,31H,3,5-8,10-12,15H2,1-2H3/t16?,21-,22+,23-,26-,28-,29?/m0/s1. The first-order chi connectivity index (χ1) is 15.9. The topological polar surface area (TPSA) is 55.8 Å². The SMILES string of the molecule is CC1CCC12Oc1ccc([C@H]3C[C@]4(C)[C@@H](O)CC[C@H]4[C@@H]4CCC5=CC(=O)CCC5=C43)cc1O2. The van der Waals surface area contributed by atoms with Crippen LogP contribution in [0.5, 0.6) is 11.5 Å². The van der Waals surface area contributed by atoms with Crippen molar-refractivity contribution >= 4 is 5.78 Å². The third kappa shape index (κ3) is 2.70. The van der Waals surface area contributed by atoms with E-state index in [2.05, 4.69) is 32.0 Å². The Bertz CT molecular complexity index is 1110. The fourth-order valence-corrected chi connectivity index (χ4v) is 8.20. The second-order valence-corrected chi connectivity index (χ2v) is 11.8. The molecule has 2 unspecified atom stereocenters. The van der Waals surface area contributed by atoms with E-state index in [0.717, 1.165) is 62.9 Å². The van der Waals surface area contributed by atoms with Gasteiger partial charge in [0, 0.05) is 24.7 Å². The zero-order valence-electron chi connectivity index (χ0n) is 19.7. The van der Waals surface area contributed by atoms with Crippen LogP contribution in [0.4, 0.5) is 0 Å². The summed E-state index contributed by atoms with van der Waals surface area (Å²) in [6.45, 7) is 4.54. The second-order valence-electron chi connectivity index (χ2n) is 11.8. The molecule has 5 aliphatic carbocycles. The van der Waals surface area contributed by atoms with Crippen LogP contribution in [0.15, 0.2) is 41.0 Å². The van der Waals surface area contributed by atoms with Gasteiger partial charge in [0.15, 0.2) is 17.3 Å². The van der Waals surface area contributed by atoms with E-state index < -0.39 is 5.79 Å². The van der Waals surface area contributed by atoms with Gasteiger partial charge >= 0.3 is 0 Å². The van der Waals surface area contributed by atoms with E-state index in [1.165, 1.54) is 16.7 Å². The molecule has 1 aliphatic heterocycles. The summed E-state index contributed by atoms with van der Waals surface area (Å²) in [7, 11) is 0. The van der Waals surface area contributed by atoms with Crippen molar-refractivity contribution in [1.29, 1.82) is 0 Å². The third-order valence-electron chi connectivity index (χ3n) is 10.3. The van der Waals surface area contributed by atoms with Gasteiger partial charge in [-0.25, -0.2) is 0 Å². The van der Waals surface area contributed by atoms with Crippen molar-refractivity contribution < 1.29 is 19.4 Å². The number of carbonyl (C=O) groups excluding carboxylic acids is 1. The van der Waals surface area contributed by atoms with Crippen LogP contribution < -0.4 is 9.47 Å². The van der Waals surface area contributed by atoms with E-state index in [1.54, 1.807) is 5.57 Å². The van der Waals surface area contributed by atoms with Gasteiger partial charge in [0.2, 0.25) is 0 Å². The van der Waals surface area contributed by atoms with Crippen LogP contribution in [0.3, 0.4) is 0 Å². The number of aliphatic hydroxyl groups is 1. The fraction of sp³-hybridized carbons (Fsp3) is 0.621. The highest BCUT2D eigenvalue weighted by molar-refractivity contribution is 5.93. The lowest BCUT2D eigenvalue weighted by Gasteiger charge is -2.52. The van der Waals surface area contributed by atoms with E-state index in [1.807, 2.05) is 6.08 Å². The van der Waals surface area contributed by atoms with Crippen LogP contribution in [-0.4, -0.2) is 22.8 Å². The Labute approximate surface area is 196 Å². The van der Waals surface area contributed by atoms with Gasteiger partial charge in [0.25, 0.3) is 5.79 Å². The van der Waals surface area contributed by atoms with Crippen molar-refractivity contribution in [3.8, 4) is 11.5 Å². The van der Waals surface area contributed by atoms with Crippen molar-refractivity contribution in [3.63, 3.8) is 0 Å². The molecule has 1 spiro atoms. The maximum atomic E-state index is 12.2. The summed E-state index contributed by atoms with van der Waals surface area (Å²) in [6.07, 6.45) is 10.4. The molecule has 1 heterocycles. The lowest BCUT2D eigenvalue weighted by atomic mass is 9.53. The minimum atomic E-state index is -0.457. The number of fused-ring (bicyclic) bond motifs is 5. The molecule has 1 N–H and O–H groups in total. The Morgan fingerprint density at radius 2 is 1.88 bits per heavy atom. The number of carbonyl (C=O) groups is 1. The van der Waals surface area contributed by atoms with Crippen LogP contribution in [-0.2, 0) is 4.79 Å². The first-order valence-corrected chi connectivity index (χ1v) is 13.0. The molecule has 0 aromatic heterocycles. The summed E-state index contributed by atoms with van der Waals surface area (Å²) in [5.41, 5.74) is 5.55. The normalized spacial score (nSPS) is 43.1. The average Bonchev–Trinajstić information content (AvgIpc) is 3.36. The lowest BCUT2D eigenvalue weighted by Crippen LogP contribution is -2.52. The quantitative estimate of drug-likeness (QED) is 0.588. The molecule has 4 nitrogen and oxygen atoms in total. The van der Waals surface area contributed by atoms with Gasteiger partial charge in [0.05, 0.1) is 6.10 Å². The molecule has 7 atom stereocenters. The highest BCUT2D eigenvalue weighted by Gasteiger charge is 2.57. The minimum absolute atomic E-state index is 0.0504. The van der Waals surface area contributed by atoms with Gasteiger partial charge in [0.1, 0.15) is 0 Å². The molecule has 0 bridgehead atoms. The van der Waals surface area contributed by atoms with Crippen LogP contribution >= 0.6 is 0 Å². The Hall–Kier alpha value is -2.07. The maximum absolute atomic E-state index is 12.2. The van der Waals surface area contributed by atoms with E-state index >= 15 is 0 Å². The van der Waals surface area contributed by atoms with Crippen molar-refractivity contribution in [1.82, 2.24) is 0 Å². The van der Waals surface area contributed by atoms with Gasteiger partial charge < -0.3 is 14.6 Å². The molecule has 0 radical (unpaired) electrons. The predicted octanol–water partition coefficient (Wildman–Crippen LogP) is 5.84. The smallest absolute Gasteiger partial charge is 0.254 e. The van der Waals surface area contributed by atoms with E-state index in [-0.39, 0.29) is 23.2 Å². The number of rotatable bonds is 1. The minimum Gasteiger partial charge on any atom is -0.448 e. The second kappa shape index (κ2) is 6.75. The number of aliphatic hydroxyl groups excluding tert-OH is 1. The van der Waals surface area contributed by atoms with Crippen LogP contribution in [0.2, 0.25) is 0 Å². The zero-order chi connectivity index (χ0) is 22.5. The summed E-state index contributed by atoms with van der Waals surface area (Å²) < 4.78 is 12.7. The average molecular weight is 447 g/mol. The van der Waals surface area contributed by atoms with Crippen molar-refractivity contribution in [2.45, 2.75) is 89.4 Å². The van der Waals surface area contributed by atoms with Gasteiger partial charge in [-0.15, -0.1) is 0 Å². The number of ketones is 1. The Balaban J connectivity index is 1.34. The molecule has 3 fully saturated rings. The van der Waals surface area contributed by atoms with E-state index in [4.69, 9.17) is 9.47 Å². The number of ether oxygens (including phenoxy) is 2. The van der Waals surface area contributed by atoms with Crippen molar-refractivity contribution in [2.75, 3.05) is 0 Å². The summed E-state index contributed by atoms with van der Waals surface area (Å²) in [5, 5.41) is 11.1. The summed E-state index contributed by atoms with van der Waals surface area (Å²) >= 11 is 0. The highest BCUT2D eigenvalue weighted by Crippen LogP contribution is 2.64.